The number of nitrogens with zero attached hydrogens (tertiary/aromatic N) is 5. The molecule has 6 heteroatoms. The van der Waals surface area contributed by atoms with Gasteiger partial charge in [0.1, 0.15) is 18.3 Å². The Morgan fingerprint density at radius 2 is 2.00 bits per heavy atom. The van der Waals surface area contributed by atoms with Gasteiger partial charge in [-0.2, -0.15) is 10.2 Å². The smallest absolute Gasteiger partial charge is 0.138 e. The van der Waals surface area contributed by atoms with Gasteiger partial charge >= 0.3 is 0 Å². The lowest BCUT2D eigenvalue weighted by Gasteiger charge is -2.08. The van der Waals surface area contributed by atoms with Crippen LogP contribution in [0.1, 0.15) is 24.5 Å². The van der Waals surface area contributed by atoms with E-state index in [1.165, 1.54) is 6.33 Å². The van der Waals surface area contributed by atoms with Gasteiger partial charge in [0.25, 0.3) is 0 Å². The normalized spacial score (nSPS) is 12.5. The van der Waals surface area contributed by atoms with Crippen molar-refractivity contribution in [2.45, 2.75) is 26.0 Å². The summed E-state index contributed by atoms with van der Waals surface area (Å²) in [5, 5.41) is 18.8. The zero-order valence-corrected chi connectivity index (χ0v) is 11.8. The number of aliphatic hydroxyl groups is 1. The molecule has 0 aliphatic carbocycles. The molecule has 0 saturated heterocycles. The summed E-state index contributed by atoms with van der Waals surface area (Å²) in [5.74, 6) is 0.763. The van der Waals surface area contributed by atoms with Crippen LogP contribution in [0.2, 0.25) is 0 Å². The fraction of sp³-hybridized carbons (Fsp3) is 0.267. The molecule has 108 valence electrons. The molecule has 1 N–H and O–H groups in total. The molecule has 2 aromatic heterocycles. The third kappa shape index (κ3) is 2.85. The Bertz CT molecular complexity index is 704. The number of rotatable bonds is 5. The summed E-state index contributed by atoms with van der Waals surface area (Å²) >= 11 is 0. The first kappa shape index (κ1) is 13.5. The van der Waals surface area contributed by atoms with E-state index in [4.69, 9.17) is 0 Å². The van der Waals surface area contributed by atoms with Crippen LogP contribution in [0.25, 0.3) is 5.69 Å². The van der Waals surface area contributed by atoms with Crippen molar-refractivity contribution in [3.63, 3.8) is 0 Å². The Morgan fingerprint density at radius 1 is 1.19 bits per heavy atom. The van der Waals surface area contributed by atoms with Gasteiger partial charge in [-0.3, -0.25) is 4.68 Å². The largest absolute Gasteiger partial charge is 0.386 e. The van der Waals surface area contributed by atoms with Gasteiger partial charge in [-0.05, 0) is 25.1 Å². The third-order valence-corrected chi connectivity index (χ3v) is 3.34. The summed E-state index contributed by atoms with van der Waals surface area (Å²) in [7, 11) is 0. The van der Waals surface area contributed by atoms with Crippen molar-refractivity contribution in [3.8, 4) is 5.69 Å². The van der Waals surface area contributed by atoms with E-state index in [9.17, 15) is 5.11 Å². The van der Waals surface area contributed by atoms with E-state index in [1.54, 1.807) is 9.36 Å². The van der Waals surface area contributed by atoms with Crippen molar-refractivity contribution in [2.75, 3.05) is 0 Å². The van der Waals surface area contributed by atoms with Crippen LogP contribution >= 0.6 is 0 Å². The summed E-state index contributed by atoms with van der Waals surface area (Å²) in [6.07, 6.45) is 3.07. The number of aromatic nitrogens is 5. The predicted octanol–water partition coefficient (Wildman–Crippen LogP) is 1.76. The molecule has 0 bridgehead atoms. The number of benzene rings is 1. The van der Waals surface area contributed by atoms with Gasteiger partial charge in [-0.25, -0.2) is 9.67 Å². The average Bonchev–Trinajstić information content (AvgIpc) is 3.17. The first-order valence-electron chi connectivity index (χ1n) is 6.93. The van der Waals surface area contributed by atoms with Crippen LogP contribution in [0.4, 0.5) is 0 Å². The van der Waals surface area contributed by atoms with Crippen LogP contribution < -0.4 is 0 Å². The second kappa shape index (κ2) is 5.88. The number of para-hydroxylation sites is 1. The van der Waals surface area contributed by atoms with E-state index < -0.39 is 6.10 Å². The molecule has 1 atom stereocenters. The summed E-state index contributed by atoms with van der Waals surface area (Å²) in [6.45, 7) is 2.73. The number of hydrogen-bond donors (Lipinski definition) is 1. The first-order chi connectivity index (χ1) is 10.3. The minimum absolute atomic E-state index is 0.402. The monoisotopic (exact) mass is 283 g/mol. The van der Waals surface area contributed by atoms with E-state index in [2.05, 4.69) is 15.2 Å². The molecule has 0 aliphatic heterocycles. The molecule has 1 unspecified atom stereocenters. The minimum atomic E-state index is -0.690. The van der Waals surface area contributed by atoms with Crippen molar-refractivity contribution >= 4 is 0 Å². The molecule has 3 rings (SSSR count). The van der Waals surface area contributed by atoms with Crippen molar-refractivity contribution < 1.29 is 5.11 Å². The number of aliphatic hydroxyl groups excluding tert-OH is 1. The molecule has 0 radical (unpaired) electrons. The fourth-order valence-electron chi connectivity index (χ4n) is 2.23. The van der Waals surface area contributed by atoms with Crippen LogP contribution in [0, 0.1) is 0 Å². The summed E-state index contributed by atoms with van der Waals surface area (Å²) in [6, 6.07) is 11.6. The molecule has 0 amide bonds. The Kier molecular flexibility index (Phi) is 3.79. The molecule has 6 nitrogen and oxygen atoms in total. The van der Waals surface area contributed by atoms with Crippen molar-refractivity contribution in [3.05, 3.63) is 60.4 Å². The maximum Gasteiger partial charge on any atom is 0.138 e. The van der Waals surface area contributed by atoms with Gasteiger partial charge in [0, 0.05) is 19.2 Å². The zero-order valence-electron chi connectivity index (χ0n) is 11.8. The molecule has 2 heterocycles. The van der Waals surface area contributed by atoms with Crippen molar-refractivity contribution in [2.24, 2.45) is 0 Å². The minimum Gasteiger partial charge on any atom is -0.386 e. The molecule has 3 aromatic rings. The quantitative estimate of drug-likeness (QED) is 0.774. The molecule has 21 heavy (non-hydrogen) atoms. The Labute approximate surface area is 122 Å². The predicted molar refractivity (Wildman–Crippen MR) is 77.9 cm³/mol. The van der Waals surface area contributed by atoms with Crippen LogP contribution in [0.3, 0.4) is 0 Å². The van der Waals surface area contributed by atoms with Crippen LogP contribution in [-0.4, -0.2) is 29.7 Å². The molecule has 0 aliphatic rings. The maximum absolute atomic E-state index is 10.3. The summed E-state index contributed by atoms with van der Waals surface area (Å²) < 4.78 is 3.53. The highest BCUT2D eigenvalue weighted by Gasteiger charge is 2.15. The van der Waals surface area contributed by atoms with E-state index in [-0.39, 0.29) is 0 Å². The van der Waals surface area contributed by atoms with E-state index in [1.807, 2.05) is 49.5 Å². The van der Waals surface area contributed by atoms with Crippen molar-refractivity contribution in [1.82, 2.24) is 24.5 Å². The van der Waals surface area contributed by atoms with Gasteiger partial charge in [-0.15, -0.1) is 0 Å². The zero-order chi connectivity index (χ0) is 14.7. The molecule has 1 aromatic carbocycles. The second-order valence-electron chi connectivity index (χ2n) is 4.73. The Morgan fingerprint density at radius 3 is 2.76 bits per heavy atom. The fourth-order valence-corrected chi connectivity index (χ4v) is 2.23. The summed E-state index contributed by atoms with van der Waals surface area (Å²) in [5.41, 5.74) is 1.59. The molecular formula is C15H17N5O. The van der Waals surface area contributed by atoms with E-state index >= 15 is 0 Å². The lowest BCUT2D eigenvalue weighted by atomic mass is 10.2. The van der Waals surface area contributed by atoms with Crippen LogP contribution in [-0.2, 0) is 13.0 Å². The molecule has 0 fully saturated rings. The van der Waals surface area contributed by atoms with Gasteiger partial charge in [0.2, 0.25) is 0 Å². The van der Waals surface area contributed by atoms with Gasteiger partial charge < -0.3 is 5.11 Å². The van der Waals surface area contributed by atoms with Gasteiger partial charge in [0.05, 0.1) is 11.4 Å². The van der Waals surface area contributed by atoms with E-state index in [0.29, 0.717) is 12.1 Å². The second-order valence-corrected chi connectivity index (χ2v) is 4.73. The SMILES string of the molecule is CCn1ncnc1CC(O)c1ccn(-c2ccccc2)n1. The van der Waals surface area contributed by atoms with Crippen LogP contribution in [0.5, 0.6) is 0 Å². The lowest BCUT2D eigenvalue weighted by Crippen LogP contribution is -2.10. The number of hydrogen-bond acceptors (Lipinski definition) is 4. The highest BCUT2D eigenvalue weighted by molar-refractivity contribution is 5.30. The Balaban J connectivity index is 1.77. The standard InChI is InChI=1S/C15H17N5O/c1-2-19-15(16-11-17-19)10-14(21)13-8-9-20(18-13)12-6-4-3-5-7-12/h3-9,11,14,21H,2,10H2,1H3. The van der Waals surface area contributed by atoms with E-state index in [0.717, 1.165) is 18.1 Å². The highest BCUT2D eigenvalue weighted by Crippen LogP contribution is 2.16. The highest BCUT2D eigenvalue weighted by atomic mass is 16.3. The molecule has 0 saturated carbocycles. The molecular weight excluding hydrogens is 266 g/mol. The third-order valence-electron chi connectivity index (χ3n) is 3.34. The van der Waals surface area contributed by atoms with Crippen LogP contribution in [0.15, 0.2) is 48.9 Å². The first-order valence-corrected chi connectivity index (χ1v) is 6.93. The average molecular weight is 283 g/mol. The maximum atomic E-state index is 10.3. The lowest BCUT2D eigenvalue weighted by molar-refractivity contribution is 0.168. The van der Waals surface area contributed by atoms with Gasteiger partial charge in [0.15, 0.2) is 0 Å². The Hall–Kier alpha value is -2.47. The molecule has 0 spiro atoms. The topological polar surface area (TPSA) is 68.8 Å². The van der Waals surface area contributed by atoms with Gasteiger partial charge in [-0.1, -0.05) is 18.2 Å². The van der Waals surface area contributed by atoms with Crippen molar-refractivity contribution in [1.29, 1.82) is 0 Å². The summed E-state index contributed by atoms with van der Waals surface area (Å²) in [4.78, 5) is 4.17. The number of aryl methyl sites for hydroxylation is 1.